The highest BCUT2D eigenvalue weighted by Gasteiger charge is 2.14. The number of rotatable bonds is 4. The molecule has 0 amide bonds. The molecule has 0 radical (unpaired) electrons. The fourth-order valence-corrected chi connectivity index (χ4v) is 1.73. The van der Waals surface area contributed by atoms with Crippen molar-refractivity contribution in [3.8, 4) is 5.75 Å². The van der Waals surface area contributed by atoms with Crippen molar-refractivity contribution in [1.82, 2.24) is 0 Å². The van der Waals surface area contributed by atoms with Gasteiger partial charge in [0.25, 0.3) is 0 Å². The highest BCUT2D eigenvalue weighted by Crippen LogP contribution is 2.25. The summed E-state index contributed by atoms with van der Waals surface area (Å²) in [6, 6.07) is 4.04. The number of halogens is 2. The summed E-state index contributed by atoms with van der Waals surface area (Å²) >= 11 is 5.86. The predicted octanol–water partition coefficient (Wildman–Crippen LogP) is 3.01. The molecule has 0 bridgehead atoms. The van der Waals surface area contributed by atoms with Crippen LogP contribution in [0.15, 0.2) is 18.2 Å². The van der Waals surface area contributed by atoms with Crippen LogP contribution in [0.3, 0.4) is 0 Å². The molecule has 0 spiro atoms. The van der Waals surface area contributed by atoms with Crippen LogP contribution in [0.5, 0.6) is 5.75 Å². The van der Waals surface area contributed by atoms with Crippen molar-refractivity contribution in [1.29, 1.82) is 0 Å². The summed E-state index contributed by atoms with van der Waals surface area (Å²) in [6.45, 7) is 1.81. The van der Waals surface area contributed by atoms with Crippen LogP contribution >= 0.6 is 11.6 Å². The molecule has 0 aliphatic carbocycles. The van der Waals surface area contributed by atoms with Crippen LogP contribution in [-0.4, -0.2) is 26.1 Å². The minimum atomic E-state index is -0.366. The van der Waals surface area contributed by atoms with E-state index in [9.17, 15) is 4.39 Å². The van der Waals surface area contributed by atoms with Gasteiger partial charge in [0.1, 0.15) is 11.6 Å². The summed E-state index contributed by atoms with van der Waals surface area (Å²) in [6.07, 6.45) is 1.30. The van der Waals surface area contributed by atoms with E-state index in [1.165, 1.54) is 18.2 Å². The van der Waals surface area contributed by atoms with Crippen molar-refractivity contribution < 1.29 is 18.6 Å². The van der Waals surface area contributed by atoms with Crippen LogP contribution in [0.2, 0.25) is 5.02 Å². The van der Waals surface area contributed by atoms with Crippen LogP contribution in [0, 0.1) is 5.82 Å². The van der Waals surface area contributed by atoms with Gasteiger partial charge in [-0.05, 0) is 18.6 Å². The molecule has 1 saturated heterocycles. The predicted molar refractivity (Wildman–Crippen MR) is 61.8 cm³/mol. The molecule has 1 fully saturated rings. The zero-order valence-corrected chi connectivity index (χ0v) is 10.1. The summed E-state index contributed by atoms with van der Waals surface area (Å²) in [7, 11) is 0. The van der Waals surface area contributed by atoms with Crippen molar-refractivity contribution in [2.24, 2.45) is 0 Å². The molecule has 5 heteroatoms. The van der Waals surface area contributed by atoms with Crippen LogP contribution in [-0.2, 0) is 9.47 Å². The zero-order valence-electron chi connectivity index (χ0n) is 9.33. The quantitative estimate of drug-likeness (QED) is 0.833. The van der Waals surface area contributed by atoms with Crippen LogP contribution < -0.4 is 4.74 Å². The maximum atomic E-state index is 12.9. The van der Waals surface area contributed by atoms with E-state index in [0.717, 1.165) is 6.42 Å². The standard InChI is InChI=1S/C12H14ClFO3/c13-10-3-2-9(14)8-11(10)15-7-4-12-16-5-1-6-17-12/h2-3,8,12H,1,4-7H2. The first-order valence-corrected chi connectivity index (χ1v) is 5.94. The highest BCUT2D eigenvalue weighted by molar-refractivity contribution is 6.32. The van der Waals surface area contributed by atoms with E-state index in [1.54, 1.807) is 0 Å². The first kappa shape index (κ1) is 12.6. The van der Waals surface area contributed by atoms with Gasteiger partial charge < -0.3 is 14.2 Å². The SMILES string of the molecule is Fc1ccc(Cl)c(OCCC2OCCCO2)c1. The summed E-state index contributed by atoms with van der Waals surface area (Å²) in [5, 5.41) is 0.400. The summed E-state index contributed by atoms with van der Waals surface area (Å²) in [5.74, 6) is -0.0166. The average molecular weight is 261 g/mol. The van der Waals surface area contributed by atoms with E-state index in [-0.39, 0.29) is 12.1 Å². The number of hydrogen-bond acceptors (Lipinski definition) is 3. The second kappa shape index (κ2) is 6.19. The van der Waals surface area contributed by atoms with Gasteiger partial charge in [0.15, 0.2) is 6.29 Å². The zero-order chi connectivity index (χ0) is 12.1. The van der Waals surface area contributed by atoms with Gasteiger partial charge in [-0.25, -0.2) is 4.39 Å². The normalized spacial score (nSPS) is 17.1. The summed E-state index contributed by atoms with van der Waals surface area (Å²) < 4.78 is 29.1. The first-order chi connectivity index (χ1) is 8.25. The van der Waals surface area contributed by atoms with Crippen LogP contribution in [0.25, 0.3) is 0 Å². The Kier molecular flexibility index (Phi) is 4.59. The first-order valence-electron chi connectivity index (χ1n) is 5.57. The van der Waals surface area contributed by atoms with E-state index >= 15 is 0 Å². The molecule has 0 N–H and O–H groups in total. The molecule has 94 valence electrons. The van der Waals surface area contributed by atoms with Crippen molar-refractivity contribution >= 4 is 11.6 Å². The maximum absolute atomic E-state index is 12.9. The lowest BCUT2D eigenvalue weighted by molar-refractivity contribution is -0.183. The largest absolute Gasteiger partial charge is 0.492 e. The average Bonchev–Trinajstić information content (AvgIpc) is 2.35. The topological polar surface area (TPSA) is 27.7 Å². The molecule has 2 rings (SSSR count). The minimum absolute atomic E-state index is 0.226. The number of hydrogen-bond donors (Lipinski definition) is 0. The number of ether oxygens (including phenoxy) is 3. The molecular formula is C12H14ClFO3. The number of benzene rings is 1. The Hall–Kier alpha value is -0.840. The monoisotopic (exact) mass is 260 g/mol. The van der Waals surface area contributed by atoms with E-state index in [0.29, 0.717) is 37.0 Å². The molecule has 1 aromatic rings. The van der Waals surface area contributed by atoms with Crippen molar-refractivity contribution in [2.75, 3.05) is 19.8 Å². The van der Waals surface area contributed by atoms with E-state index in [1.807, 2.05) is 0 Å². The molecule has 1 heterocycles. The fraction of sp³-hybridized carbons (Fsp3) is 0.500. The molecule has 1 aliphatic rings. The van der Waals surface area contributed by atoms with Crippen LogP contribution in [0.4, 0.5) is 4.39 Å². The Labute approximate surface area is 104 Å². The Morgan fingerprint density at radius 1 is 1.35 bits per heavy atom. The van der Waals surface area contributed by atoms with Gasteiger partial charge in [-0.2, -0.15) is 0 Å². The van der Waals surface area contributed by atoms with E-state index in [4.69, 9.17) is 25.8 Å². The fourth-order valence-electron chi connectivity index (χ4n) is 1.56. The molecule has 3 nitrogen and oxygen atoms in total. The third kappa shape index (κ3) is 3.84. The van der Waals surface area contributed by atoms with E-state index < -0.39 is 0 Å². The van der Waals surface area contributed by atoms with Gasteiger partial charge in [0, 0.05) is 12.5 Å². The van der Waals surface area contributed by atoms with Gasteiger partial charge >= 0.3 is 0 Å². The lowest BCUT2D eigenvalue weighted by Gasteiger charge is -2.23. The molecule has 0 saturated carbocycles. The molecule has 1 aliphatic heterocycles. The third-order valence-corrected chi connectivity index (χ3v) is 2.71. The van der Waals surface area contributed by atoms with Gasteiger partial charge in [0.05, 0.1) is 24.8 Å². The van der Waals surface area contributed by atoms with Gasteiger partial charge in [0.2, 0.25) is 0 Å². The molecule has 17 heavy (non-hydrogen) atoms. The Bertz CT molecular complexity index is 367. The van der Waals surface area contributed by atoms with Gasteiger partial charge in [-0.3, -0.25) is 0 Å². The third-order valence-electron chi connectivity index (χ3n) is 2.40. The molecule has 0 aromatic heterocycles. The van der Waals surface area contributed by atoms with Crippen molar-refractivity contribution in [2.45, 2.75) is 19.1 Å². The molecular weight excluding hydrogens is 247 g/mol. The Morgan fingerprint density at radius 2 is 2.12 bits per heavy atom. The van der Waals surface area contributed by atoms with Crippen LogP contribution in [0.1, 0.15) is 12.8 Å². The molecule has 0 unspecified atom stereocenters. The highest BCUT2D eigenvalue weighted by atomic mass is 35.5. The van der Waals surface area contributed by atoms with Gasteiger partial charge in [-0.1, -0.05) is 11.6 Å². The summed E-state index contributed by atoms with van der Waals surface area (Å²) in [5.41, 5.74) is 0. The second-order valence-corrected chi connectivity index (χ2v) is 4.14. The second-order valence-electron chi connectivity index (χ2n) is 3.74. The van der Waals surface area contributed by atoms with Crippen molar-refractivity contribution in [3.63, 3.8) is 0 Å². The van der Waals surface area contributed by atoms with E-state index in [2.05, 4.69) is 0 Å². The molecule has 1 aromatic carbocycles. The van der Waals surface area contributed by atoms with Crippen molar-refractivity contribution in [3.05, 3.63) is 29.0 Å². The summed E-state index contributed by atoms with van der Waals surface area (Å²) in [4.78, 5) is 0. The lowest BCUT2D eigenvalue weighted by atomic mass is 10.3. The maximum Gasteiger partial charge on any atom is 0.160 e. The smallest absolute Gasteiger partial charge is 0.160 e. The minimum Gasteiger partial charge on any atom is -0.492 e. The lowest BCUT2D eigenvalue weighted by Crippen LogP contribution is -2.26. The van der Waals surface area contributed by atoms with Gasteiger partial charge in [-0.15, -0.1) is 0 Å². The Morgan fingerprint density at radius 3 is 2.88 bits per heavy atom. The molecule has 0 atom stereocenters. The Balaban J connectivity index is 1.79.